The second kappa shape index (κ2) is 9.62. The Morgan fingerprint density at radius 3 is 2.67 bits per heavy atom. The monoisotopic (exact) mass is 250 g/mol. The molecular weight excluding hydrogens is 228 g/mol. The molecule has 1 aromatic carbocycles. The van der Waals surface area contributed by atoms with Gasteiger partial charge in [0.2, 0.25) is 5.91 Å². The summed E-state index contributed by atoms with van der Waals surface area (Å²) in [6, 6.07) is 10.0. The Morgan fingerprint density at radius 2 is 1.94 bits per heavy atom. The van der Waals surface area contributed by atoms with Crippen LogP contribution in [-0.4, -0.2) is 39.3 Å². The van der Waals surface area contributed by atoms with Gasteiger partial charge in [0.1, 0.15) is 0 Å². The number of amides is 1. The van der Waals surface area contributed by atoms with Gasteiger partial charge in [-0.3, -0.25) is 4.79 Å². The quantitative estimate of drug-likeness (QED) is 0.642. The van der Waals surface area contributed by atoms with Crippen molar-refractivity contribution in [1.82, 2.24) is 10.6 Å². The zero-order valence-corrected chi connectivity index (χ0v) is 10.9. The van der Waals surface area contributed by atoms with Gasteiger partial charge in [0.25, 0.3) is 0 Å². The average Bonchev–Trinajstić information content (AvgIpc) is 2.41. The highest BCUT2D eigenvalue weighted by molar-refractivity contribution is 5.76. The van der Waals surface area contributed by atoms with Crippen molar-refractivity contribution in [2.45, 2.75) is 12.8 Å². The summed E-state index contributed by atoms with van der Waals surface area (Å²) >= 11 is 0. The van der Waals surface area contributed by atoms with Crippen molar-refractivity contribution >= 4 is 5.91 Å². The fourth-order valence-corrected chi connectivity index (χ4v) is 1.58. The molecule has 0 atom stereocenters. The molecule has 0 heterocycles. The number of rotatable bonds is 9. The van der Waals surface area contributed by atoms with Crippen LogP contribution in [-0.2, 0) is 16.0 Å². The first-order valence-corrected chi connectivity index (χ1v) is 6.33. The number of carbonyl (C=O) groups is 1. The highest BCUT2D eigenvalue weighted by atomic mass is 16.5. The van der Waals surface area contributed by atoms with Crippen LogP contribution in [0.5, 0.6) is 0 Å². The van der Waals surface area contributed by atoms with E-state index in [0.29, 0.717) is 19.6 Å². The van der Waals surface area contributed by atoms with Gasteiger partial charge in [-0.15, -0.1) is 0 Å². The molecule has 0 unspecified atom stereocenters. The van der Waals surface area contributed by atoms with Crippen LogP contribution < -0.4 is 10.6 Å². The summed E-state index contributed by atoms with van der Waals surface area (Å²) in [5.41, 5.74) is 1.20. The van der Waals surface area contributed by atoms with E-state index in [1.165, 1.54) is 5.56 Å². The van der Waals surface area contributed by atoms with E-state index < -0.39 is 0 Å². The molecule has 0 aromatic heterocycles. The van der Waals surface area contributed by atoms with Crippen LogP contribution in [0.4, 0.5) is 0 Å². The van der Waals surface area contributed by atoms with Gasteiger partial charge in [0, 0.05) is 33.2 Å². The van der Waals surface area contributed by atoms with E-state index >= 15 is 0 Å². The molecule has 1 aromatic rings. The van der Waals surface area contributed by atoms with Gasteiger partial charge in [-0.25, -0.2) is 0 Å². The molecule has 0 fully saturated rings. The molecule has 0 saturated carbocycles. The Hall–Kier alpha value is -1.39. The van der Waals surface area contributed by atoms with E-state index in [1.807, 2.05) is 30.3 Å². The molecule has 0 bridgehead atoms. The number of ether oxygens (including phenoxy) is 1. The first-order chi connectivity index (χ1) is 8.83. The third-order valence-corrected chi connectivity index (χ3v) is 2.59. The van der Waals surface area contributed by atoms with Crippen LogP contribution in [0.15, 0.2) is 30.3 Å². The van der Waals surface area contributed by atoms with Crippen molar-refractivity contribution in [3.8, 4) is 0 Å². The van der Waals surface area contributed by atoms with Crippen molar-refractivity contribution in [3.63, 3.8) is 0 Å². The maximum Gasteiger partial charge on any atom is 0.220 e. The van der Waals surface area contributed by atoms with Gasteiger partial charge >= 0.3 is 0 Å². The molecule has 1 rings (SSSR count). The summed E-state index contributed by atoms with van der Waals surface area (Å²) in [5.74, 6) is 0.104. The van der Waals surface area contributed by atoms with E-state index in [9.17, 15) is 4.79 Å². The van der Waals surface area contributed by atoms with Gasteiger partial charge in [-0.1, -0.05) is 30.3 Å². The zero-order chi connectivity index (χ0) is 13.1. The third-order valence-electron chi connectivity index (χ3n) is 2.59. The molecule has 0 saturated heterocycles. The summed E-state index contributed by atoms with van der Waals surface area (Å²) in [6.45, 7) is 2.95. The number of methoxy groups -OCH3 is 1. The normalized spacial score (nSPS) is 10.3. The molecule has 0 spiro atoms. The molecular formula is C14H22N2O2. The zero-order valence-electron chi connectivity index (χ0n) is 10.9. The van der Waals surface area contributed by atoms with E-state index in [4.69, 9.17) is 4.74 Å². The van der Waals surface area contributed by atoms with Gasteiger partial charge in [-0.05, 0) is 12.0 Å². The van der Waals surface area contributed by atoms with Crippen molar-refractivity contribution in [3.05, 3.63) is 35.9 Å². The predicted molar refractivity (Wildman–Crippen MR) is 72.5 cm³/mol. The molecule has 100 valence electrons. The number of hydrogen-bond acceptors (Lipinski definition) is 3. The minimum absolute atomic E-state index is 0.104. The predicted octanol–water partition coefficient (Wildman–Crippen LogP) is 0.971. The number of nitrogens with one attached hydrogen (secondary N) is 2. The molecule has 4 nitrogen and oxygen atoms in total. The minimum atomic E-state index is 0.104. The van der Waals surface area contributed by atoms with Gasteiger partial charge < -0.3 is 15.4 Å². The van der Waals surface area contributed by atoms with Crippen LogP contribution in [0.25, 0.3) is 0 Å². The topological polar surface area (TPSA) is 50.4 Å². The van der Waals surface area contributed by atoms with Crippen LogP contribution >= 0.6 is 0 Å². The fraction of sp³-hybridized carbons (Fsp3) is 0.500. The van der Waals surface area contributed by atoms with E-state index in [1.54, 1.807) is 7.11 Å². The summed E-state index contributed by atoms with van der Waals surface area (Å²) in [5, 5.41) is 6.06. The molecule has 18 heavy (non-hydrogen) atoms. The van der Waals surface area contributed by atoms with E-state index in [0.717, 1.165) is 19.5 Å². The molecule has 2 N–H and O–H groups in total. The number of carbonyl (C=O) groups excluding carboxylic acids is 1. The molecule has 1 amide bonds. The van der Waals surface area contributed by atoms with E-state index in [2.05, 4.69) is 10.6 Å². The summed E-state index contributed by atoms with van der Waals surface area (Å²) < 4.78 is 4.91. The Labute approximate surface area is 109 Å². The lowest BCUT2D eigenvalue weighted by Gasteiger charge is -2.06. The molecule has 0 radical (unpaired) electrons. The summed E-state index contributed by atoms with van der Waals surface area (Å²) in [4.78, 5) is 11.5. The molecule has 0 aliphatic heterocycles. The lowest BCUT2D eigenvalue weighted by atomic mass is 10.1. The van der Waals surface area contributed by atoms with Gasteiger partial charge in [0.15, 0.2) is 0 Å². The highest BCUT2D eigenvalue weighted by Gasteiger charge is 2.00. The maximum atomic E-state index is 11.5. The molecule has 0 aliphatic rings. The van der Waals surface area contributed by atoms with Gasteiger partial charge in [-0.2, -0.15) is 0 Å². The summed E-state index contributed by atoms with van der Waals surface area (Å²) in [7, 11) is 1.67. The number of benzene rings is 1. The second-order valence-corrected chi connectivity index (χ2v) is 4.08. The second-order valence-electron chi connectivity index (χ2n) is 4.08. The molecule has 4 heteroatoms. The first-order valence-electron chi connectivity index (χ1n) is 6.33. The standard InChI is InChI=1S/C14H22N2O2/c1-18-12-11-15-9-10-16-14(17)8-7-13-5-3-2-4-6-13/h2-6,15H,7-12H2,1H3,(H,16,17). The van der Waals surface area contributed by atoms with Crippen LogP contribution in [0.1, 0.15) is 12.0 Å². The number of aryl methyl sites for hydroxylation is 1. The molecule has 0 aliphatic carbocycles. The Morgan fingerprint density at radius 1 is 1.17 bits per heavy atom. The van der Waals surface area contributed by atoms with E-state index in [-0.39, 0.29) is 5.91 Å². The van der Waals surface area contributed by atoms with Crippen LogP contribution in [0.3, 0.4) is 0 Å². The Bertz CT molecular complexity index is 328. The third kappa shape index (κ3) is 7.04. The largest absolute Gasteiger partial charge is 0.383 e. The van der Waals surface area contributed by atoms with Crippen molar-refractivity contribution in [2.75, 3.05) is 33.4 Å². The maximum absolute atomic E-state index is 11.5. The highest BCUT2D eigenvalue weighted by Crippen LogP contribution is 2.01. The first kappa shape index (κ1) is 14.7. The lowest BCUT2D eigenvalue weighted by Crippen LogP contribution is -2.33. The van der Waals surface area contributed by atoms with Crippen molar-refractivity contribution in [2.24, 2.45) is 0 Å². The summed E-state index contributed by atoms with van der Waals surface area (Å²) in [6.07, 6.45) is 1.34. The van der Waals surface area contributed by atoms with Gasteiger partial charge in [0.05, 0.1) is 6.61 Å². The Balaban J connectivity index is 2.01. The SMILES string of the molecule is COCCNCCNC(=O)CCc1ccccc1. The van der Waals surface area contributed by atoms with Crippen molar-refractivity contribution < 1.29 is 9.53 Å². The van der Waals surface area contributed by atoms with Crippen molar-refractivity contribution in [1.29, 1.82) is 0 Å². The lowest BCUT2D eigenvalue weighted by molar-refractivity contribution is -0.121. The number of hydrogen-bond donors (Lipinski definition) is 2. The van der Waals surface area contributed by atoms with Crippen LogP contribution in [0, 0.1) is 0 Å². The Kier molecular flexibility index (Phi) is 7.84. The smallest absolute Gasteiger partial charge is 0.220 e. The average molecular weight is 250 g/mol. The minimum Gasteiger partial charge on any atom is -0.383 e. The van der Waals surface area contributed by atoms with Crippen LogP contribution in [0.2, 0.25) is 0 Å². The fourth-order valence-electron chi connectivity index (χ4n) is 1.58.